The SMILES string of the molecule is Cc1c(Oc2ccccc2F)ccc([N+](=O)[O-])c1N1CCC[C@@H]1CO. The standard InChI is InChI=1S/C18H19FN2O4/c1-12-16(25-17-7-3-2-6-14(17)19)9-8-15(21(23)24)18(12)20-10-4-5-13(20)11-22/h2-3,6-9,13,22H,4-5,10-11H2,1H3/t13-/m1/s1. The minimum absolute atomic E-state index is 0.0428. The van der Waals surface area contributed by atoms with Crippen molar-refractivity contribution in [2.24, 2.45) is 0 Å². The first kappa shape index (κ1) is 17.2. The molecule has 7 heteroatoms. The molecular weight excluding hydrogens is 327 g/mol. The van der Waals surface area contributed by atoms with Crippen LogP contribution in [0.5, 0.6) is 11.5 Å². The third-order valence-corrected chi connectivity index (χ3v) is 4.49. The smallest absolute Gasteiger partial charge is 0.293 e. The number of para-hydroxylation sites is 1. The number of aliphatic hydroxyl groups is 1. The molecule has 1 heterocycles. The molecule has 0 bridgehead atoms. The first-order valence-electron chi connectivity index (χ1n) is 8.10. The molecule has 25 heavy (non-hydrogen) atoms. The van der Waals surface area contributed by atoms with Crippen LogP contribution in [-0.2, 0) is 0 Å². The van der Waals surface area contributed by atoms with Gasteiger partial charge >= 0.3 is 0 Å². The van der Waals surface area contributed by atoms with Crippen molar-refractivity contribution in [3.05, 3.63) is 57.9 Å². The van der Waals surface area contributed by atoms with Crippen molar-refractivity contribution < 1.29 is 19.2 Å². The minimum atomic E-state index is -0.504. The topological polar surface area (TPSA) is 75.8 Å². The number of hydrogen-bond acceptors (Lipinski definition) is 5. The molecule has 1 aliphatic heterocycles. The van der Waals surface area contributed by atoms with Gasteiger partial charge in [-0.3, -0.25) is 10.1 Å². The number of rotatable bonds is 5. The van der Waals surface area contributed by atoms with E-state index in [4.69, 9.17) is 4.74 Å². The molecule has 0 radical (unpaired) electrons. The number of benzene rings is 2. The van der Waals surface area contributed by atoms with E-state index in [2.05, 4.69) is 0 Å². The summed E-state index contributed by atoms with van der Waals surface area (Å²) >= 11 is 0. The maximum atomic E-state index is 13.9. The molecule has 0 unspecified atom stereocenters. The van der Waals surface area contributed by atoms with Gasteiger partial charge in [0.05, 0.1) is 17.6 Å². The lowest BCUT2D eigenvalue weighted by Crippen LogP contribution is -2.33. The van der Waals surface area contributed by atoms with E-state index in [0.717, 1.165) is 12.8 Å². The molecule has 0 aliphatic carbocycles. The Morgan fingerprint density at radius 3 is 2.76 bits per heavy atom. The summed E-state index contributed by atoms with van der Waals surface area (Å²) in [5.41, 5.74) is 0.937. The molecule has 1 fully saturated rings. The predicted octanol–water partition coefficient (Wildman–Crippen LogP) is 3.80. The Labute approximate surface area is 144 Å². The molecule has 1 atom stereocenters. The molecule has 1 N–H and O–H groups in total. The van der Waals surface area contributed by atoms with Crippen LogP contribution in [0.1, 0.15) is 18.4 Å². The molecule has 2 aromatic carbocycles. The number of nitro benzene ring substituents is 1. The maximum absolute atomic E-state index is 13.9. The monoisotopic (exact) mass is 346 g/mol. The number of anilines is 1. The van der Waals surface area contributed by atoms with Crippen molar-refractivity contribution in [3.63, 3.8) is 0 Å². The Kier molecular flexibility index (Phi) is 4.85. The van der Waals surface area contributed by atoms with Crippen molar-refractivity contribution in [1.29, 1.82) is 0 Å². The molecule has 3 rings (SSSR count). The van der Waals surface area contributed by atoms with E-state index in [1.165, 1.54) is 24.3 Å². The van der Waals surface area contributed by atoms with E-state index in [9.17, 15) is 19.6 Å². The predicted molar refractivity (Wildman–Crippen MR) is 91.8 cm³/mol. The number of ether oxygens (including phenoxy) is 1. The van der Waals surface area contributed by atoms with E-state index >= 15 is 0 Å². The molecule has 6 nitrogen and oxygen atoms in total. The fourth-order valence-corrected chi connectivity index (χ4v) is 3.25. The van der Waals surface area contributed by atoms with Crippen LogP contribution in [-0.4, -0.2) is 29.2 Å². The number of nitrogens with zero attached hydrogens (tertiary/aromatic N) is 2. The molecule has 132 valence electrons. The summed E-state index contributed by atoms with van der Waals surface area (Å²) < 4.78 is 19.5. The van der Waals surface area contributed by atoms with E-state index in [-0.39, 0.29) is 24.1 Å². The van der Waals surface area contributed by atoms with Gasteiger partial charge in [0.2, 0.25) is 0 Å². The third-order valence-electron chi connectivity index (χ3n) is 4.49. The molecule has 0 amide bonds. The largest absolute Gasteiger partial charge is 0.454 e. The highest BCUT2D eigenvalue weighted by Gasteiger charge is 2.32. The lowest BCUT2D eigenvalue weighted by atomic mass is 10.1. The highest BCUT2D eigenvalue weighted by molar-refractivity contribution is 5.72. The van der Waals surface area contributed by atoms with Gasteiger partial charge in [-0.15, -0.1) is 0 Å². The Morgan fingerprint density at radius 2 is 2.08 bits per heavy atom. The second kappa shape index (κ2) is 7.06. The van der Waals surface area contributed by atoms with Crippen molar-refractivity contribution >= 4 is 11.4 Å². The molecule has 0 saturated carbocycles. The fourth-order valence-electron chi connectivity index (χ4n) is 3.25. The average Bonchev–Trinajstić information content (AvgIpc) is 3.06. The Morgan fingerprint density at radius 1 is 1.32 bits per heavy atom. The summed E-state index contributed by atoms with van der Waals surface area (Å²) in [7, 11) is 0. The van der Waals surface area contributed by atoms with Crippen LogP contribution in [0.15, 0.2) is 36.4 Å². The average molecular weight is 346 g/mol. The van der Waals surface area contributed by atoms with E-state index < -0.39 is 10.7 Å². The third kappa shape index (κ3) is 3.28. The summed E-state index contributed by atoms with van der Waals surface area (Å²) in [6.07, 6.45) is 1.62. The molecule has 0 aromatic heterocycles. The molecule has 1 saturated heterocycles. The number of halogens is 1. The number of hydrogen-bond donors (Lipinski definition) is 1. The molecule has 1 aliphatic rings. The first-order chi connectivity index (χ1) is 12.0. The van der Waals surface area contributed by atoms with Gasteiger partial charge in [-0.2, -0.15) is 0 Å². The van der Waals surface area contributed by atoms with Crippen LogP contribution in [0.4, 0.5) is 15.8 Å². The van der Waals surface area contributed by atoms with Gasteiger partial charge in [0.1, 0.15) is 11.4 Å². The summed E-state index contributed by atoms with van der Waals surface area (Å²) in [4.78, 5) is 12.9. The lowest BCUT2D eigenvalue weighted by Gasteiger charge is -2.27. The minimum Gasteiger partial charge on any atom is -0.454 e. The summed E-state index contributed by atoms with van der Waals surface area (Å²) in [5, 5.41) is 21.0. The first-order valence-corrected chi connectivity index (χ1v) is 8.10. The van der Waals surface area contributed by atoms with Crippen LogP contribution in [0.3, 0.4) is 0 Å². The fraction of sp³-hybridized carbons (Fsp3) is 0.333. The van der Waals surface area contributed by atoms with Gasteiger partial charge in [-0.1, -0.05) is 12.1 Å². The van der Waals surface area contributed by atoms with Gasteiger partial charge in [-0.05, 0) is 38.0 Å². The van der Waals surface area contributed by atoms with Gasteiger partial charge in [-0.25, -0.2) is 4.39 Å². The number of nitro groups is 1. The zero-order valence-electron chi connectivity index (χ0n) is 13.8. The zero-order valence-corrected chi connectivity index (χ0v) is 13.8. The van der Waals surface area contributed by atoms with E-state index in [1.54, 1.807) is 19.1 Å². The highest BCUT2D eigenvalue weighted by atomic mass is 19.1. The van der Waals surface area contributed by atoms with Crippen molar-refractivity contribution in [2.75, 3.05) is 18.1 Å². The van der Waals surface area contributed by atoms with Crippen molar-refractivity contribution in [1.82, 2.24) is 0 Å². The van der Waals surface area contributed by atoms with E-state index in [1.807, 2.05) is 4.90 Å². The van der Waals surface area contributed by atoms with Crippen LogP contribution >= 0.6 is 0 Å². The molecule has 2 aromatic rings. The summed E-state index contributed by atoms with van der Waals surface area (Å²) in [6.45, 7) is 2.26. The summed E-state index contributed by atoms with van der Waals surface area (Å²) in [6, 6.07) is 8.69. The Hall–Kier alpha value is -2.67. The van der Waals surface area contributed by atoms with Gasteiger partial charge in [0.25, 0.3) is 5.69 Å². The van der Waals surface area contributed by atoms with Gasteiger partial charge < -0.3 is 14.7 Å². The summed E-state index contributed by atoms with van der Waals surface area (Å²) in [5.74, 6) is -0.0870. The Bertz CT molecular complexity index is 797. The van der Waals surface area contributed by atoms with E-state index in [0.29, 0.717) is 23.5 Å². The van der Waals surface area contributed by atoms with Crippen LogP contribution in [0.2, 0.25) is 0 Å². The molecular formula is C18H19FN2O4. The second-order valence-electron chi connectivity index (χ2n) is 6.02. The zero-order chi connectivity index (χ0) is 18.0. The van der Waals surface area contributed by atoms with Crippen LogP contribution < -0.4 is 9.64 Å². The number of aliphatic hydroxyl groups excluding tert-OH is 1. The second-order valence-corrected chi connectivity index (χ2v) is 6.02. The van der Waals surface area contributed by atoms with Crippen molar-refractivity contribution in [2.45, 2.75) is 25.8 Å². The van der Waals surface area contributed by atoms with Crippen molar-refractivity contribution in [3.8, 4) is 11.5 Å². The Balaban J connectivity index is 2.06. The quantitative estimate of drug-likeness (QED) is 0.658. The normalized spacial score (nSPS) is 16.9. The highest BCUT2D eigenvalue weighted by Crippen LogP contribution is 2.41. The van der Waals surface area contributed by atoms with Gasteiger partial charge in [0, 0.05) is 18.2 Å². The van der Waals surface area contributed by atoms with Crippen LogP contribution in [0.25, 0.3) is 0 Å². The lowest BCUT2D eigenvalue weighted by molar-refractivity contribution is -0.384. The maximum Gasteiger partial charge on any atom is 0.293 e. The van der Waals surface area contributed by atoms with Crippen LogP contribution in [0, 0.1) is 22.9 Å². The van der Waals surface area contributed by atoms with Gasteiger partial charge in [0.15, 0.2) is 11.6 Å². The molecule has 0 spiro atoms.